The Morgan fingerprint density at radius 2 is 2.00 bits per heavy atom. The summed E-state index contributed by atoms with van der Waals surface area (Å²) in [6.45, 7) is 0. The Hall–Kier alpha value is -1.35. The third-order valence-electron chi connectivity index (χ3n) is 2.45. The van der Waals surface area contributed by atoms with Crippen LogP contribution in [0.5, 0.6) is 0 Å². The molecule has 1 atom stereocenters. The van der Waals surface area contributed by atoms with E-state index in [-0.39, 0.29) is 5.91 Å². The van der Waals surface area contributed by atoms with Crippen molar-refractivity contribution in [1.29, 1.82) is 0 Å². The van der Waals surface area contributed by atoms with Gasteiger partial charge in [-0.2, -0.15) is 0 Å². The zero-order valence-electron chi connectivity index (χ0n) is 7.89. The maximum Gasteiger partial charge on any atom is 0.229 e. The van der Waals surface area contributed by atoms with Gasteiger partial charge in [0.05, 0.1) is 0 Å². The summed E-state index contributed by atoms with van der Waals surface area (Å²) in [5, 5.41) is 9.70. The molecule has 0 bridgehead atoms. The third kappa shape index (κ3) is 1.63. The highest BCUT2D eigenvalue weighted by Gasteiger charge is 2.26. The summed E-state index contributed by atoms with van der Waals surface area (Å²) in [5.74, 6) is 0.00921. The second-order valence-electron chi connectivity index (χ2n) is 3.47. The first-order valence-corrected chi connectivity index (χ1v) is 4.84. The highest BCUT2D eigenvalue weighted by atomic mass is 16.3. The molecule has 1 aromatic rings. The van der Waals surface area contributed by atoms with Crippen LogP contribution in [0.15, 0.2) is 30.3 Å². The molecule has 2 rings (SSSR count). The molecule has 0 spiro atoms. The number of anilines is 1. The number of aliphatic hydroxyl groups excluding tert-OH is 1. The van der Waals surface area contributed by atoms with Crippen LogP contribution in [-0.4, -0.2) is 17.2 Å². The van der Waals surface area contributed by atoms with Crippen molar-refractivity contribution >= 4 is 11.6 Å². The molecule has 1 N–H and O–H groups in total. The molecule has 1 aromatic carbocycles. The fraction of sp³-hybridized carbons (Fsp3) is 0.364. The Labute approximate surface area is 83.0 Å². The minimum absolute atomic E-state index is 0.00921. The van der Waals surface area contributed by atoms with Crippen molar-refractivity contribution in [3.63, 3.8) is 0 Å². The van der Waals surface area contributed by atoms with Crippen LogP contribution in [0, 0.1) is 0 Å². The smallest absolute Gasteiger partial charge is 0.229 e. The molecule has 1 saturated heterocycles. The molecule has 3 heteroatoms. The topological polar surface area (TPSA) is 40.5 Å². The Kier molecular flexibility index (Phi) is 2.50. The quantitative estimate of drug-likeness (QED) is 0.731. The van der Waals surface area contributed by atoms with E-state index in [0.29, 0.717) is 12.8 Å². The van der Waals surface area contributed by atoms with Gasteiger partial charge in [0.1, 0.15) is 6.23 Å². The zero-order valence-corrected chi connectivity index (χ0v) is 7.89. The average molecular weight is 191 g/mol. The van der Waals surface area contributed by atoms with E-state index in [2.05, 4.69) is 0 Å². The first kappa shape index (κ1) is 9.21. The molecule has 0 radical (unpaired) electrons. The van der Waals surface area contributed by atoms with Crippen molar-refractivity contribution in [1.82, 2.24) is 0 Å². The minimum Gasteiger partial charge on any atom is -0.373 e. The minimum atomic E-state index is -0.654. The van der Waals surface area contributed by atoms with Gasteiger partial charge in [0.15, 0.2) is 0 Å². The number of rotatable bonds is 1. The molecule has 1 heterocycles. The molecule has 1 fully saturated rings. The van der Waals surface area contributed by atoms with Crippen LogP contribution >= 0.6 is 0 Å². The molecule has 0 aromatic heterocycles. The molecule has 74 valence electrons. The number of nitrogens with zero attached hydrogens (tertiary/aromatic N) is 1. The summed E-state index contributed by atoms with van der Waals surface area (Å²) in [7, 11) is 0. The monoisotopic (exact) mass is 191 g/mol. The predicted octanol–water partition coefficient (Wildman–Crippen LogP) is 1.52. The molecule has 0 aliphatic carbocycles. The molecule has 1 aliphatic rings. The highest BCUT2D eigenvalue weighted by Crippen LogP contribution is 2.23. The van der Waals surface area contributed by atoms with Gasteiger partial charge in [-0.3, -0.25) is 9.69 Å². The van der Waals surface area contributed by atoms with Crippen LogP contribution in [-0.2, 0) is 4.79 Å². The van der Waals surface area contributed by atoms with Gasteiger partial charge in [-0.15, -0.1) is 0 Å². The second-order valence-corrected chi connectivity index (χ2v) is 3.47. The summed E-state index contributed by atoms with van der Waals surface area (Å²) in [5.41, 5.74) is 0.782. The van der Waals surface area contributed by atoms with Gasteiger partial charge in [0, 0.05) is 12.1 Å². The van der Waals surface area contributed by atoms with Gasteiger partial charge in [-0.05, 0) is 25.0 Å². The Morgan fingerprint density at radius 1 is 1.29 bits per heavy atom. The largest absolute Gasteiger partial charge is 0.373 e. The predicted molar refractivity (Wildman–Crippen MR) is 53.8 cm³/mol. The summed E-state index contributed by atoms with van der Waals surface area (Å²) >= 11 is 0. The van der Waals surface area contributed by atoms with E-state index < -0.39 is 6.23 Å². The van der Waals surface area contributed by atoms with Crippen LogP contribution in [0.1, 0.15) is 19.3 Å². The zero-order chi connectivity index (χ0) is 9.97. The molecule has 14 heavy (non-hydrogen) atoms. The van der Waals surface area contributed by atoms with Crippen LogP contribution in [0.25, 0.3) is 0 Å². The van der Waals surface area contributed by atoms with E-state index in [0.717, 1.165) is 12.1 Å². The number of piperidine rings is 1. The molecule has 1 aliphatic heterocycles. The van der Waals surface area contributed by atoms with Gasteiger partial charge in [-0.25, -0.2) is 0 Å². The SMILES string of the molecule is O=C1CCCC(O)N1c1ccccc1. The summed E-state index contributed by atoms with van der Waals surface area (Å²) < 4.78 is 0. The lowest BCUT2D eigenvalue weighted by Crippen LogP contribution is -2.43. The van der Waals surface area contributed by atoms with Crippen molar-refractivity contribution in [3.05, 3.63) is 30.3 Å². The summed E-state index contributed by atoms with van der Waals surface area (Å²) in [4.78, 5) is 13.0. The molecule has 1 amide bonds. The highest BCUT2D eigenvalue weighted by molar-refractivity contribution is 5.94. The Bertz CT molecular complexity index is 323. The molecular formula is C11H13NO2. The third-order valence-corrected chi connectivity index (χ3v) is 2.45. The van der Waals surface area contributed by atoms with E-state index in [9.17, 15) is 9.90 Å². The van der Waals surface area contributed by atoms with Gasteiger partial charge in [0.25, 0.3) is 0 Å². The standard InChI is InChI=1S/C11H13NO2/c13-10-7-4-8-11(14)12(10)9-5-2-1-3-6-9/h1-3,5-6,10,13H,4,7-8H2. The van der Waals surface area contributed by atoms with Crippen LogP contribution in [0.2, 0.25) is 0 Å². The van der Waals surface area contributed by atoms with Crippen LogP contribution < -0.4 is 4.90 Å². The number of hydrogen-bond acceptors (Lipinski definition) is 2. The van der Waals surface area contributed by atoms with E-state index >= 15 is 0 Å². The van der Waals surface area contributed by atoms with Gasteiger partial charge in [-0.1, -0.05) is 18.2 Å². The van der Waals surface area contributed by atoms with E-state index in [1.807, 2.05) is 30.3 Å². The van der Waals surface area contributed by atoms with E-state index in [4.69, 9.17) is 0 Å². The molecular weight excluding hydrogens is 178 g/mol. The molecule has 1 unspecified atom stereocenters. The van der Waals surface area contributed by atoms with Gasteiger partial charge >= 0.3 is 0 Å². The Morgan fingerprint density at radius 3 is 2.64 bits per heavy atom. The number of aliphatic hydroxyl groups is 1. The first-order chi connectivity index (χ1) is 6.79. The number of amides is 1. The maximum atomic E-state index is 11.6. The number of para-hydroxylation sites is 1. The van der Waals surface area contributed by atoms with E-state index in [1.165, 1.54) is 4.90 Å². The lowest BCUT2D eigenvalue weighted by Gasteiger charge is -2.31. The fourth-order valence-corrected chi connectivity index (χ4v) is 1.76. The van der Waals surface area contributed by atoms with Crippen molar-refractivity contribution in [2.24, 2.45) is 0 Å². The van der Waals surface area contributed by atoms with Crippen molar-refractivity contribution in [2.75, 3.05) is 4.90 Å². The normalized spacial score (nSPS) is 22.5. The Balaban J connectivity index is 2.27. The van der Waals surface area contributed by atoms with Crippen LogP contribution in [0.3, 0.4) is 0 Å². The second kappa shape index (κ2) is 3.80. The van der Waals surface area contributed by atoms with Gasteiger partial charge < -0.3 is 5.11 Å². The summed E-state index contributed by atoms with van der Waals surface area (Å²) in [6.07, 6.45) is 1.33. The maximum absolute atomic E-state index is 11.6. The molecule has 3 nitrogen and oxygen atoms in total. The number of carbonyl (C=O) groups excluding carboxylic acids is 1. The first-order valence-electron chi connectivity index (χ1n) is 4.84. The fourth-order valence-electron chi connectivity index (χ4n) is 1.76. The lowest BCUT2D eigenvalue weighted by atomic mass is 10.1. The van der Waals surface area contributed by atoms with Crippen molar-refractivity contribution in [3.8, 4) is 0 Å². The molecule has 0 saturated carbocycles. The number of hydrogen-bond donors (Lipinski definition) is 1. The lowest BCUT2D eigenvalue weighted by molar-refractivity contribution is -0.122. The number of benzene rings is 1. The van der Waals surface area contributed by atoms with Gasteiger partial charge in [0.2, 0.25) is 5.91 Å². The average Bonchev–Trinajstić information content (AvgIpc) is 2.19. The van der Waals surface area contributed by atoms with Crippen molar-refractivity contribution < 1.29 is 9.90 Å². The van der Waals surface area contributed by atoms with Crippen LogP contribution in [0.4, 0.5) is 5.69 Å². The van der Waals surface area contributed by atoms with Crippen molar-refractivity contribution in [2.45, 2.75) is 25.5 Å². The summed E-state index contributed by atoms with van der Waals surface area (Å²) in [6, 6.07) is 9.30. The number of carbonyl (C=O) groups is 1. The van der Waals surface area contributed by atoms with E-state index in [1.54, 1.807) is 0 Å².